The van der Waals surface area contributed by atoms with Crippen LogP contribution < -0.4 is 0 Å². The SMILES string of the molecule is CN1CCOCC1.CS(C)=O. The smallest absolute Gasteiger partial charge is 0.0594 e. The van der Waals surface area contributed by atoms with Crippen molar-refractivity contribution in [1.82, 2.24) is 4.90 Å². The molecule has 4 heteroatoms. The molecule has 0 saturated carbocycles. The molecule has 0 unspecified atom stereocenters. The second-order valence-electron chi connectivity index (χ2n) is 2.66. The van der Waals surface area contributed by atoms with Crippen molar-refractivity contribution in [2.24, 2.45) is 0 Å². The van der Waals surface area contributed by atoms with E-state index in [0.717, 1.165) is 26.3 Å². The number of rotatable bonds is 0. The molecular weight excluding hydrogens is 162 g/mol. The van der Waals surface area contributed by atoms with Crippen molar-refractivity contribution in [2.75, 3.05) is 45.9 Å². The average Bonchev–Trinajstić information content (AvgIpc) is 1.87. The summed E-state index contributed by atoms with van der Waals surface area (Å²) in [5.41, 5.74) is 0. The number of hydrogen-bond donors (Lipinski definition) is 0. The molecule has 0 aromatic rings. The molecule has 1 saturated heterocycles. The molecule has 0 aromatic carbocycles. The topological polar surface area (TPSA) is 29.5 Å². The van der Waals surface area contributed by atoms with Gasteiger partial charge in [0.05, 0.1) is 13.2 Å². The lowest BCUT2D eigenvalue weighted by Gasteiger charge is -2.21. The van der Waals surface area contributed by atoms with Gasteiger partial charge in [0.25, 0.3) is 0 Å². The van der Waals surface area contributed by atoms with Crippen LogP contribution in [0.1, 0.15) is 0 Å². The van der Waals surface area contributed by atoms with E-state index >= 15 is 0 Å². The van der Waals surface area contributed by atoms with Crippen molar-refractivity contribution >= 4 is 10.8 Å². The van der Waals surface area contributed by atoms with E-state index in [-0.39, 0.29) is 0 Å². The quantitative estimate of drug-likeness (QED) is 0.522. The fraction of sp³-hybridized carbons (Fsp3) is 1.00. The van der Waals surface area contributed by atoms with E-state index in [1.54, 1.807) is 12.5 Å². The van der Waals surface area contributed by atoms with Crippen molar-refractivity contribution in [3.05, 3.63) is 0 Å². The van der Waals surface area contributed by atoms with Crippen molar-refractivity contribution in [2.45, 2.75) is 0 Å². The van der Waals surface area contributed by atoms with Gasteiger partial charge in [-0.2, -0.15) is 0 Å². The highest BCUT2D eigenvalue weighted by Gasteiger charge is 2.02. The molecule has 0 bridgehead atoms. The summed E-state index contributed by atoms with van der Waals surface area (Å²) in [5.74, 6) is 0. The molecule has 1 aliphatic heterocycles. The summed E-state index contributed by atoms with van der Waals surface area (Å²) in [6.07, 6.45) is 3.28. The Labute approximate surface area is 71.2 Å². The van der Waals surface area contributed by atoms with Crippen LogP contribution in [0.4, 0.5) is 0 Å². The van der Waals surface area contributed by atoms with E-state index in [1.165, 1.54) is 0 Å². The third-order valence-corrected chi connectivity index (χ3v) is 1.23. The van der Waals surface area contributed by atoms with Gasteiger partial charge in [-0.1, -0.05) is 0 Å². The molecule has 1 heterocycles. The van der Waals surface area contributed by atoms with E-state index in [9.17, 15) is 4.21 Å². The van der Waals surface area contributed by atoms with Crippen LogP contribution in [0.15, 0.2) is 0 Å². The van der Waals surface area contributed by atoms with E-state index in [4.69, 9.17) is 4.74 Å². The molecule has 1 fully saturated rings. The molecule has 0 amide bonds. The Bertz CT molecular complexity index is 109. The largest absolute Gasteiger partial charge is 0.379 e. The number of nitrogens with zero attached hydrogens (tertiary/aromatic N) is 1. The number of ether oxygens (including phenoxy) is 1. The maximum atomic E-state index is 9.56. The van der Waals surface area contributed by atoms with Gasteiger partial charge in [-0.25, -0.2) is 0 Å². The molecule has 0 atom stereocenters. The van der Waals surface area contributed by atoms with Gasteiger partial charge < -0.3 is 9.64 Å². The summed E-state index contributed by atoms with van der Waals surface area (Å²) in [6, 6.07) is 0. The minimum atomic E-state index is -0.611. The lowest BCUT2D eigenvalue weighted by Crippen LogP contribution is -2.32. The first-order chi connectivity index (χ1) is 5.13. The van der Waals surface area contributed by atoms with Crippen LogP contribution in [0.2, 0.25) is 0 Å². The Balaban J connectivity index is 0.000000218. The Hall–Kier alpha value is 0.0700. The second kappa shape index (κ2) is 6.76. The van der Waals surface area contributed by atoms with Gasteiger partial charge in [-0.15, -0.1) is 0 Å². The van der Waals surface area contributed by atoms with E-state index in [2.05, 4.69) is 11.9 Å². The number of morpholine rings is 1. The fourth-order valence-electron chi connectivity index (χ4n) is 0.655. The summed E-state index contributed by atoms with van der Waals surface area (Å²) in [7, 11) is 1.50. The molecule has 0 radical (unpaired) electrons. The minimum absolute atomic E-state index is 0.611. The average molecular weight is 179 g/mol. The van der Waals surface area contributed by atoms with Crippen molar-refractivity contribution in [3.63, 3.8) is 0 Å². The molecule has 11 heavy (non-hydrogen) atoms. The van der Waals surface area contributed by atoms with Crippen LogP contribution in [0.25, 0.3) is 0 Å². The van der Waals surface area contributed by atoms with Crippen LogP contribution in [0, 0.1) is 0 Å². The van der Waals surface area contributed by atoms with Gasteiger partial charge >= 0.3 is 0 Å². The third-order valence-electron chi connectivity index (χ3n) is 1.23. The van der Waals surface area contributed by atoms with E-state index < -0.39 is 10.8 Å². The zero-order valence-electron chi connectivity index (χ0n) is 7.50. The molecule has 68 valence electrons. The van der Waals surface area contributed by atoms with Gasteiger partial charge in [0.2, 0.25) is 0 Å². The van der Waals surface area contributed by atoms with E-state index in [1.807, 2.05) is 0 Å². The Morgan fingerprint density at radius 3 is 1.82 bits per heavy atom. The Kier molecular flexibility index (Phi) is 6.80. The molecule has 1 rings (SSSR count). The first kappa shape index (κ1) is 11.1. The van der Waals surface area contributed by atoms with Crippen molar-refractivity contribution in [3.8, 4) is 0 Å². The normalized spacial score (nSPS) is 19.3. The predicted octanol–water partition coefficient (Wildman–Crippen LogP) is -0.0569. The first-order valence-electron chi connectivity index (χ1n) is 3.64. The second-order valence-corrected chi connectivity index (χ2v) is 4.14. The van der Waals surface area contributed by atoms with Gasteiger partial charge in [-0.05, 0) is 7.05 Å². The van der Waals surface area contributed by atoms with Crippen LogP contribution >= 0.6 is 0 Å². The maximum absolute atomic E-state index is 9.56. The highest BCUT2D eigenvalue weighted by atomic mass is 32.2. The highest BCUT2D eigenvalue weighted by Crippen LogP contribution is 1.89. The molecule has 3 nitrogen and oxygen atoms in total. The van der Waals surface area contributed by atoms with Gasteiger partial charge in [0.1, 0.15) is 0 Å². The van der Waals surface area contributed by atoms with Crippen LogP contribution in [0.3, 0.4) is 0 Å². The lowest BCUT2D eigenvalue weighted by atomic mass is 10.5. The standard InChI is InChI=1S/C5H11NO.C2H6OS/c1-6-2-4-7-5-3-6;1-4(2)3/h2-5H2,1H3;1-2H3. The summed E-state index contributed by atoms with van der Waals surface area (Å²) >= 11 is 0. The van der Waals surface area contributed by atoms with Gasteiger partial charge in [0.15, 0.2) is 0 Å². The van der Waals surface area contributed by atoms with Crippen LogP contribution in [-0.4, -0.2) is 55.0 Å². The van der Waals surface area contributed by atoms with Gasteiger partial charge in [0, 0.05) is 36.4 Å². The van der Waals surface area contributed by atoms with Gasteiger partial charge in [-0.3, -0.25) is 4.21 Å². The van der Waals surface area contributed by atoms with Crippen LogP contribution in [-0.2, 0) is 15.5 Å². The van der Waals surface area contributed by atoms with Crippen molar-refractivity contribution in [1.29, 1.82) is 0 Å². The zero-order chi connectivity index (χ0) is 8.69. The number of likely N-dealkylation sites (N-methyl/N-ethyl adjacent to an activating group) is 1. The summed E-state index contributed by atoms with van der Waals surface area (Å²) < 4.78 is 14.7. The minimum Gasteiger partial charge on any atom is -0.379 e. The molecule has 0 aliphatic carbocycles. The van der Waals surface area contributed by atoms with Crippen LogP contribution in [0.5, 0.6) is 0 Å². The zero-order valence-corrected chi connectivity index (χ0v) is 8.32. The Morgan fingerprint density at radius 1 is 1.27 bits per heavy atom. The molecule has 0 spiro atoms. The number of hydrogen-bond acceptors (Lipinski definition) is 3. The summed E-state index contributed by atoms with van der Waals surface area (Å²) in [4.78, 5) is 2.27. The lowest BCUT2D eigenvalue weighted by molar-refractivity contribution is 0.0503. The predicted molar refractivity (Wildman–Crippen MR) is 48.3 cm³/mol. The summed E-state index contributed by atoms with van der Waals surface area (Å²) in [5, 5.41) is 0. The Morgan fingerprint density at radius 2 is 1.64 bits per heavy atom. The maximum Gasteiger partial charge on any atom is 0.0594 e. The molecule has 1 aliphatic rings. The highest BCUT2D eigenvalue weighted by molar-refractivity contribution is 7.83. The first-order valence-corrected chi connectivity index (χ1v) is 5.61. The fourth-order valence-corrected chi connectivity index (χ4v) is 0.655. The third kappa shape index (κ3) is 10.1. The van der Waals surface area contributed by atoms with E-state index in [0.29, 0.717) is 0 Å². The molecule has 0 N–H and O–H groups in total. The molecular formula is C7H17NO2S. The monoisotopic (exact) mass is 179 g/mol. The van der Waals surface area contributed by atoms with Crippen molar-refractivity contribution < 1.29 is 8.95 Å². The summed E-state index contributed by atoms with van der Waals surface area (Å²) in [6.45, 7) is 4.02. The molecule has 0 aromatic heterocycles.